The molecular weight excluding hydrogens is 442 g/mol. The van der Waals surface area contributed by atoms with Crippen molar-refractivity contribution in [2.45, 2.75) is 17.4 Å². The quantitative estimate of drug-likeness (QED) is 0.557. The van der Waals surface area contributed by atoms with Crippen LogP contribution in [-0.2, 0) is 21.2 Å². The maximum atomic E-state index is 12.6. The molecule has 1 atom stereocenters. The molecule has 0 saturated carbocycles. The van der Waals surface area contributed by atoms with E-state index in [1.54, 1.807) is 36.4 Å². The molecular formula is C21H18BrNO4S. The molecule has 7 heteroatoms. The Kier molecular flexibility index (Phi) is 6.28. The molecule has 1 unspecified atom stereocenters. The van der Waals surface area contributed by atoms with Crippen molar-refractivity contribution in [2.75, 3.05) is 0 Å². The van der Waals surface area contributed by atoms with Crippen LogP contribution in [0.15, 0.2) is 88.2 Å². The van der Waals surface area contributed by atoms with Gasteiger partial charge in [0.25, 0.3) is 0 Å². The molecule has 0 saturated heterocycles. The first-order chi connectivity index (χ1) is 13.3. The summed E-state index contributed by atoms with van der Waals surface area (Å²) >= 11 is 3.38. The lowest BCUT2D eigenvalue weighted by molar-refractivity contribution is -0.138. The monoisotopic (exact) mass is 459 g/mol. The zero-order valence-corrected chi connectivity index (χ0v) is 17.2. The van der Waals surface area contributed by atoms with E-state index in [1.165, 1.54) is 12.1 Å². The fourth-order valence-electron chi connectivity index (χ4n) is 2.75. The van der Waals surface area contributed by atoms with Crippen LogP contribution in [-0.4, -0.2) is 25.5 Å². The second kappa shape index (κ2) is 8.68. The summed E-state index contributed by atoms with van der Waals surface area (Å²) < 4.78 is 28.5. The number of benzene rings is 3. The third-order valence-electron chi connectivity index (χ3n) is 4.22. The smallest absolute Gasteiger partial charge is 0.322 e. The summed E-state index contributed by atoms with van der Waals surface area (Å²) in [6.45, 7) is 0. The van der Waals surface area contributed by atoms with Crippen molar-refractivity contribution in [1.82, 2.24) is 4.72 Å². The number of hydrogen-bond acceptors (Lipinski definition) is 3. The van der Waals surface area contributed by atoms with Gasteiger partial charge in [0.15, 0.2) is 0 Å². The van der Waals surface area contributed by atoms with Gasteiger partial charge in [0.1, 0.15) is 6.04 Å². The maximum Gasteiger partial charge on any atom is 0.322 e. The summed E-state index contributed by atoms with van der Waals surface area (Å²) in [7, 11) is -3.97. The maximum absolute atomic E-state index is 12.6. The zero-order valence-electron chi connectivity index (χ0n) is 14.7. The molecule has 0 amide bonds. The van der Waals surface area contributed by atoms with E-state index >= 15 is 0 Å². The van der Waals surface area contributed by atoms with Crippen molar-refractivity contribution in [3.8, 4) is 11.1 Å². The van der Waals surface area contributed by atoms with Gasteiger partial charge in [0.2, 0.25) is 10.0 Å². The molecule has 28 heavy (non-hydrogen) atoms. The van der Waals surface area contributed by atoms with Crippen LogP contribution in [0.2, 0.25) is 0 Å². The van der Waals surface area contributed by atoms with E-state index < -0.39 is 22.0 Å². The normalized spacial score (nSPS) is 12.5. The molecule has 0 spiro atoms. The second-order valence-electron chi connectivity index (χ2n) is 6.23. The Labute approximate surface area is 172 Å². The average molecular weight is 460 g/mol. The van der Waals surface area contributed by atoms with E-state index in [0.717, 1.165) is 21.2 Å². The molecule has 0 heterocycles. The highest BCUT2D eigenvalue weighted by Crippen LogP contribution is 2.23. The second-order valence-corrected chi connectivity index (χ2v) is 8.86. The van der Waals surface area contributed by atoms with Crippen molar-refractivity contribution in [3.05, 3.63) is 88.9 Å². The van der Waals surface area contributed by atoms with Crippen LogP contribution >= 0.6 is 15.9 Å². The molecule has 0 aliphatic rings. The fourth-order valence-corrected chi connectivity index (χ4v) is 4.21. The lowest BCUT2D eigenvalue weighted by atomic mass is 10.1. The lowest BCUT2D eigenvalue weighted by Gasteiger charge is -2.15. The van der Waals surface area contributed by atoms with E-state index in [9.17, 15) is 18.3 Å². The standard InChI is InChI=1S/C21H18BrNO4S/c22-18-10-6-16(7-11-18)17-8-12-19(13-9-17)28(26,27)23-20(21(24)25)14-15-4-2-1-3-5-15/h1-13,20,23H,14H2,(H,24,25). The Morgan fingerprint density at radius 3 is 1.96 bits per heavy atom. The summed E-state index contributed by atoms with van der Waals surface area (Å²) in [6, 6.07) is 21.7. The number of carboxylic acid groups (broad SMARTS) is 1. The molecule has 144 valence electrons. The van der Waals surface area contributed by atoms with E-state index in [2.05, 4.69) is 20.7 Å². The van der Waals surface area contributed by atoms with Crippen LogP contribution in [0.25, 0.3) is 11.1 Å². The third-order valence-corrected chi connectivity index (χ3v) is 6.24. The van der Waals surface area contributed by atoms with Crippen molar-refractivity contribution in [2.24, 2.45) is 0 Å². The third kappa shape index (κ3) is 5.07. The number of carbonyl (C=O) groups is 1. The number of hydrogen-bond donors (Lipinski definition) is 2. The van der Waals surface area contributed by atoms with Gasteiger partial charge in [-0.1, -0.05) is 70.5 Å². The van der Waals surface area contributed by atoms with Gasteiger partial charge >= 0.3 is 5.97 Å². The predicted octanol–water partition coefficient (Wildman–Crippen LogP) is 4.09. The number of rotatable bonds is 7. The van der Waals surface area contributed by atoms with E-state index in [0.29, 0.717) is 0 Å². The van der Waals surface area contributed by atoms with Gasteiger partial charge in [-0.3, -0.25) is 4.79 Å². The van der Waals surface area contributed by atoms with Gasteiger partial charge in [-0.05, 0) is 47.4 Å². The Bertz CT molecular complexity index is 1050. The highest BCUT2D eigenvalue weighted by Gasteiger charge is 2.25. The van der Waals surface area contributed by atoms with Crippen molar-refractivity contribution >= 4 is 31.9 Å². The van der Waals surface area contributed by atoms with Gasteiger partial charge in [-0.2, -0.15) is 4.72 Å². The molecule has 2 N–H and O–H groups in total. The van der Waals surface area contributed by atoms with Crippen LogP contribution in [0.3, 0.4) is 0 Å². The SMILES string of the molecule is O=C(O)C(Cc1ccccc1)NS(=O)(=O)c1ccc(-c2ccc(Br)cc2)cc1. The first-order valence-corrected chi connectivity index (χ1v) is 10.8. The zero-order chi connectivity index (χ0) is 20.1. The summed E-state index contributed by atoms with van der Waals surface area (Å²) in [4.78, 5) is 11.6. The van der Waals surface area contributed by atoms with Crippen molar-refractivity contribution < 1.29 is 18.3 Å². The predicted molar refractivity (Wildman–Crippen MR) is 111 cm³/mol. The molecule has 3 aromatic carbocycles. The number of aliphatic carboxylic acids is 1. The highest BCUT2D eigenvalue weighted by atomic mass is 79.9. The van der Waals surface area contributed by atoms with Crippen molar-refractivity contribution in [3.63, 3.8) is 0 Å². The Morgan fingerprint density at radius 1 is 0.893 bits per heavy atom. The van der Waals surface area contributed by atoms with E-state index in [4.69, 9.17) is 0 Å². The van der Waals surface area contributed by atoms with E-state index in [-0.39, 0.29) is 11.3 Å². The molecule has 0 bridgehead atoms. The molecule has 0 aromatic heterocycles. The first-order valence-electron chi connectivity index (χ1n) is 8.50. The number of nitrogens with one attached hydrogen (secondary N) is 1. The average Bonchev–Trinajstić information content (AvgIpc) is 2.69. The molecule has 0 radical (unpaired) electrons. The minimum atomic E-state index is -3.97. The number of halogens is 1. The number of sulfonamides is 1. The highest BCUT2D eigenvalue weighted by molar-refractivity contribution is 9.10. The molecule has 0 aliphatic heterocycles. The molecule has 0 fully saturated rings. The summed E-state index contributed by atoms with van der Waals surface area (Å²) in [5.41, 5.74) is 2.56. The Balaban J connectivity index is 1.79. The molecule has 3 aromatic rings. The van der Waals surface area contributed by atoms with Crippen LogP contribution in [0.1, 0.15) is 5.56 Å². The first kappa shape index (κ1) is 20.3. The van der Waals surface area contributed by atoms with Gasteiger partial charge in [0, 0.05) is 4.47 Å². The van der Waals surface area contributed by atoms with Crippen LogP contribution in [0.5, 0.6) is 0 Å². The molecule has 0 aliphatic carbocycles. The van der Waals surface area contributed by atoms with Gasteiger partial charge in [-0.15, -0.1) is 0 Å². The largest absolute Gasteiger partial charge is 0.480 e. The minimum Gasteiger partial charge on any atom is -0.480 e. The Hall–Kier alpha value is -2.48. The fraction of sp³-hybridized carbons (Fsp3) is 0.0952. The summed E-state index contributed by atoms with van der Waals surface area (Å²) in [5, 5.41) is 9.43. The topological polar surface area (TPSA) is 83.5 Å². The summed E-state index contributed by atoms with van der Waals surface area (Å²) in [6.07, 6.45) is 0.0619. The minimum absolute atomic E-state index is 0.0210. The van der Waals surface area contributed by atoms with E-state index in [1.807, 2.05) is 30.3 Å². The molecule has 5 nitrogen and oxygen atoms in total. The molecule has 3 rings (SSSR count). The van der Waals surface area contributed by atoms with Gasteiger partial charge in [0.05, 0.1) is 4.90 Å². The number of carboxylic acids is 1. The lowest BCUT2D eigenvalue weighted by Crippen LogP contribution is -2.42. The van der Waals surface area contributed by atoms with Crippen LogP contribution in [0.4, 0.5) is 0 Å². The van der Waals surface area contributed by atoms with Crippen molar-refractivity contribution in [1.29, 1.82) is 0 Å². The van der Waals surface area contributed by atoms with Crippen LogP contribution in [0, 0.1) is 0 Å². The van der Waals surface area contributed by atoms with Crippen LogP contribution < -0.4 is 4.72 Å². The van der Waals surface area contributed by atoms with Gasteiger partial charge < -0.3 is 5.11 Å². The Morgan fingerprint density at radius 2 is 1.43 bits per heavy atom. The summed E-state index contributed by atoms with van der Waals surface area (Å²) in [5.74, 6) is -1.22. The van der Waals surface area contributed by atoms with Gasteiger partial charge in [-0.25, -0.2) is 8.42 Å².